The van der Waals surface area contributed by atoms with Crippen molar-refractivity contribution in [2.75, 3.05) is 0 Å². The van der Waals surface area contributed by atoms with E-state index in [9.17, 15) is 4.39 Å². The van der Waals surface area contributed by atoms with Crippen molar-refractivity contribution in [2.45, 2.75) is 19.9 Å². The quantitative estimate of drug-likeness (QED) is 0.623. The lowest BCUT2D eigenvalue weighted by Gasteiger charge is -2.05. The van der Waals surface area contributed by atoms with Crippen molar-refractivity contribution in [3.63, 3.8) is 0 Å². The summed E-state index contributed by atoms with van der Waals surface area (Å²) in [7, 11) is 0. The van der Waals surface area contributed by atoms with E-state index in [4.69, 9.17) is 5.73 Å². The summed E-state index contributed by atoms with van der Waals surface area (Å²) in [5.74, 6) is -0.422. The molecule has 2 N–H and O–H groups in total. The van der Waals surface area contributed by atoms with Gasteiger partial charge in [-0.05, 0) is 25.5 Å². The summed E-state index contributed by atoms with van der Waals surface area (Å²) >= 11 is 0. The smallest absolute Gasteiger partial charge is 0.215 e. The molecule has 11 heavy (non-hydrogen) atoms. The van der Waals surface area contributed by atoms with Crippen LogP contribution in [0.4, 0.5) is 4.39 Å². The number of halogens is 1. The van der Waals surface area contributed by atoms with Gasteiger partial charge < -0.3 is 5.73 Å². The first-order valence-electron chi connectivity index (χ1n) is 3.49. The highest BCUT2D eigenvalue weighted by Crippen LogP contribution is 2.11. The molecule has 0 amide bonds. The Morgan fingerprint density at radius 1 is 1.64 bits per heavy atom. The zero-order valence-corrected chi connectivity index (χ0v) is 6.63. The van der Waals surface area contributed by atoms with Crippen molar-refractivity contribution in [3.05, 3.63) is 29.3 Å². The summed E-state index contributed by atoms with van der Waals surface area (Å²) in [6, 6.07) is 1.63. The molecule has 1 heterocycles. The second-order valence-corrected chi connectivity index (χ2v) is 2.67. The van der Waals surface area contributed by atoms with Crippen LogP contribution in [0.3, 0.4) is 0 Å². The fourth-order valence-corrected chi connectivity index (χ4v) is 0.829. The fraction of sp³-hybridized carbons (Fsp3) is 0.375. The van der Waals surface area contributed by atoms with Crippen LogP contribution in [0, 0.1) is 12.9 Å². The average molecular weight is 154 g/mol. The maximum Gasteiger partial charge on any atom is 0.215 e. The molecule has 2 nitrogen and oxygen atoms in total. The molecule has 0 aliphatic rings. The Kier molecular flexibility index (Phi) is 2.19. The van der Waals surface area contributed by atoms with Gasteiger partial charge in [-0.25, -0.2) is 4.98 Å². The van der Waals surface area contributed by atoms with Crippen molar-refractivity contribution in [1.29, 1.82) is 0 Å². The van der Waals surface area contributed by atoms with Gasteiger partial charge in [-0.15, -0.1) is 0 Å². The monoisotopic (exact) mass is 154 g/mol. The molecule has 3 heteroatoms. The number of aromatic nitrogens is 1. The minimum absolute atomic E-state index is 0.0817. The van der Waals surface area contributed by atoms with Gasteiger partial charge in [0.05, 0.1) is 0 Å². The van der Waals surface area contributed by atoms with E-state index >= 15 is 0 Å². The predicted molar refractivity (Wildman–Crippen MR) is 41.5 cm³/mol. The van der Waals surface area contributed by atoms with Gasteiger partial charge in [-0.1, -0.05) is 0 Å². The molecule has 1 unspecified atom stereocenters. The third-order valence-electron chi connectivity index (χ3n) is 1.56. The normalized spacial score (nSPS) is 13.1. The summed E-state index contributed by atoms with van der Waals surface area (Å²) in [5, 5.41) is 0. The van der Waals surface area contributed by atoms with Crippen LogP contribution in [-0.4, -0.2) is 4.98 Å². The molecule has 60 valence electrons. The lowest BCUT2D eigenvalue weighted by molar-refractivity contribution is 0.571. The SMILES string of the molecule is Cc1cc(C(C)N)cnc1F. The van der Waals surface area contributed by atoms with E-state index in [1.807, 2.05) is 6.92 Å². The highest BCUT2D eigenvalue weighted by atomic mass is 19.1. The molecule has 1 atom stereocenters. The number of hydrogen-bond acceptors (Lipinski definition) is 2. The molecule has 1 rings (SSSR count). The zero-order valence-electron chi connectivity index (χ0n) is 6.63. The van der Waals surface area contributed by atoms with Crippen LogP contribution in [0.5, 0.6) is 0 Å². The van der Waals surface area contributed by atoms with Gasteiger partial charge in [-0.2, -0.15) is 4.39 Å². The molecule has 0 aromatic carbocycles. The van der Waals surface area contributed by atoms with Crippen LogP contribution in [0.1, 0.15) is 24.1 Å². The lowest BCUT2D eigenvalue weighted by Crippen LogP contribution is -2.06. The summed E-state index contributed by atoms with van der Waals surface area (Å²) in [6.07, 6.45) is 1.47. The molecule has 0 saturated heterocycles. The minimum atomic E-state index is -0.422. The van der Waals surface area contributed by atoms with Gasteiger partial charge in [-0.3, -0.25) is 0 Å². The second kappa shape index (κ2) is 2.96. The molecule has 0 spiro atoms. The van der Waals surface area contributed by atoms with E-state index in [0.717, 1.165) is 5.56 Å². The largest absolute Gasteiger partial charge is 0.324 e. The third kappa shape index (κ3) is 1.74. The number of nitrogens with zero attached hydrogens (tertiary/aromatic N) is 1. The van der Waals surface area contributed by atoms with Gasteiger partial charge in [0.15, 0.2) is 0 Å². The van der Waals surface area contributed by atoms with Gasteiger partial charge in [0, 0.05) is 17.8 Å². The van der Waals surface area contributed by atoms with Crippen LogP contribution < -0.4 is 5.73 Å². The number of hydrogen-bond donors (Lipinski definition) is 1. The maximum absolute atomic E-state index is 12.6. The Hall–Kier alpha value is -0.960. The standard InChI is InChI=1S/C8H11FN2/c1-5-3-7(6(2)10)4-11-8(5)9/h3-4,6H,10H2,1-2H3. The van der Waals surface area contributed by atoms with E-state index in [1.54, 1.807) is 13.0 Å². The third-order valence-corrected chi connectivity index (χ3v) is 1.56. The van der Waals surface area contributed by atoms with Crippen LogP contribution >= 0.6 is 0 Å². The van der Waals surface area contributed by atoms with Gasteiger partial charge in [0.1, 0.15) is 0 Å². The Bertz CT molecular complexity index is 258. The molecule has 0 aliphatic carbocycles. The molecule has 0 aliphatic heterocycles. The van der Waals surface area contributed by atoms with E-state index in [-0.39, 0.29) is 6.04 Å². The van der Waals surface area contributed by atoms with Gasteiger partial charge in [0.25, 0.3) is 0 Å². The molecule has 1 aromatic rings. The van der Waals surface area contributed by atoms with E-state index in [2.05, 4.69) is 4.98 Å². The Balaban J connectivity index is 3.05. The van der Waals surface area contributed by atoms with E-state index < -0.39 is 5.95 Å². The number of pyridine rings is 1. The Morgan fingerprint density at radius 3 is 2.73 bits per heavy atom. The highest BCUT2D eigenvalue weighted by molar-refractivity contribution is 5.20. The lowest BCUT2D eigenvalue weighted by atomic mass is 10.1. The maximum atomic E-state index is 12.6. The van der Waals surface area contributed by atoms with Gasteiger partial charge >= 0.3 is 0 Å². The van der Waals surface area contributed by atoms with Crippen LogP contribution in [-0.2, 0) is 0 Å². The predicted octanol–water partition coefficient (Wildman–Crippen LogP) is 1.55. The molecule has 1 aromatic heterocycles. The van der Waals surface area contributed by atoms with E-state index in [1.165, 1.54) is 6.20 Å². The second-order valence-electron chi connectivity index (χ2n) is 2.67. The minimum Gasteiger partial charge on any atom is -0.324 e. The van der Waals surface area contributed by atoms with Crippen molar-refractivity contribution >= 4 is 0 Å². The van der Waals surface area contributed by atoms with Crippen LogP contribution in [0.15, 0.2) is 12.3 Å². The Morgan fingerprint density at radius 2 is 2.27 bits per heavy atom. The highest BCUT2D eigenvalue weighted by Gasteiger charge is 2.02. The summed E-state index contributed by atoms with van der Waals surface area (Å²) < 4.78 is 12.6. The van der Waals surface area contributed by atoms with Crippen molar-refractivity contribution in [1.82, 2.24) is 4.98 Å². The summed E-state index contributed by atoms with van der Waals surface area (Å²) in [4.78, 5) is 3.55. The number of nitrogens with two attached hydrogens (primary N) is 1. The number of aryl methyl sites for hydroxylation is 1. The molecular weight excluding hydrogens is 143 g/mol. The van der Waals surface area contributed by atoms with Crippen LogP contribution in [0.2, 0.25) is 0 Å². The van der Waals surface area contributed by atoms with Crippen molar-refractivity contribution in [2.24, 2.45) is 5.73 Å². The topological polar surface area (TPSA) is 38.9 Å². The van der Waals surface area contributed by atoms with Gasteiger partial charge in [0.2, 0.25) is 5.95 Å². The zero-order chi connectivity index (χ0) is 8.43. The molecule has 0 bridgehead atoms. The molecule has 0 fully saturated rings. The van der Waals surface area contributed by atoms with Crippen molar-refractivity contribution < 1.29 is 4.39 Å². The molecule has 0 saturated carbocycles. The molecule has 0 radical (unpaired) electrons. The number of rotatable bonds is 1. The first-order chi connectivity index (χ1) is 5.11. The van der Waals surface area contributed by atoms with Crippen LogP contribution in [0.25, 0.3) is 0 Å². The fourth-order valence-electron chi connectivity index (χ4n) is 0.829. The molecular formula is C8H11FN2. The van der Waals surface area contributed by atoms with Crippen molar-refractivity contribution in [3.8, 4) is 0 Å². The Labute approximate surface area is 65.3 Å². The van der Waals surface area contributed by atoms with E-state index in [0.29, 0.717) is 5.56 Å². The average Bonchev–Trinajstić information content (AvgIpc) is 1.94. The first-order valence-corrected chi connectivity index (χ1v) is 3.49. The summed E-state index contributed by atoms with van der Waals surface area (Å²) in [6.45, 7) is 3.52. The first kappa shape index (κ1) is 8.14. The summed E-state index contributed by atoms with van der Waals surface area (Å²) in [5.41, 5.74) is 6.98.